The number of piperidine rings is 1. The molecule has 0 amide bonds. The lowest BCUT2D eigenvalue weighted by atomic mass is 9.95. The highest BCUT2D eigenvalue weighted by molar-refractivity contribution is 5.13. The van der Waals surface area contributed by atoms with E-state index in [0.717, 1.165) is 25.1 Å². The lowest BCUT2D eigenvalue weighted by Gasteiger charge is -2.27. The number of nitriles is 1. The second-order valence-electron chi connectivity index (χ2n) is 2.85. The van der Waals surface area contributed by atoms with Gasteiger partial charge in [0.2, 0.25) is 0 Å². The van der Waals surface area contributed by atoms with E-state index in [4.69, 9.17) is 5.26 Å². The Kier molecular flexibility index (Phi) is 2.08. The van der Waals surface area contributed by atoms with Gasteiger partial charge in [-0.2, -0.15) is 5.26 Å². The predicted octanol–water partition coefficient (Wildman–Crippen LogP) is 1.02. The molecule has 2 heteroatoms. The highest BCUT2D eigenvalue weighted by Gasteiger charge is 2.19. The molecule has 0 N–H and O–H groups in total. The van der Waals surface area contributed by atoms with E-state index >= 15 is 0 Å². The summed E-state index contributed by atoms with van der Waals surface area (Å²) in [5.41, 5.74) is 1.10. The molecule has 0 spiro atoms. The third-order valence-electron chi connectivity index (χ3n) is 1.96. The first-order valence-corrected chi connectivity index (χ1v) is 3.50. The number of hydrogen-bond donors (Lipinski definition) is 0. The smallest absolute Gasteiger partial charge is 0.0797 e. The minimum atomic E-state index is 0.0683. The fraction of sp³-hybridized carbons (Fsp3) is 0.625. The molecule has 0 aromatic rings. The second-order valence-corrected chi connectivity index (χ2v) is 2.85. The third-order valence-corrected chi connectivity index (χ3v) is 1.96. The lowest BCUT2D eigenvalue weighted by molar-refractivity contribution is 0.284. The van der Waals surface area contributed by atoms with Crippen LogP contribution in [0.4, 0.5) is 0 Å². The van der Waals surface area contributed by atoms with Gasteiger partial charge >= 0.3 is 0 Å². The summed E-state index contributed by atoms with van der Waals surface area (Å²) in [5.74, 6) is 0.0683. The quantitative estimate of drug-likeness (QED) is 0.465. The Hall–Kier alpha value is -0.810. The van der Waals surface area contributed by atoms with Gasteiger partial charge in [0.25, 0.3) is 0 Å². The van der Waals surface area contributed by atoms with Crippen LogP contribution >= 0.6 is 0 Å². The molecule has 0 saturated carbocycles. The molecule has 0 aliphatic carbocycles. The number of likely N-dealkylation sites (tertiary alicyclic amines) is 1. The van der Waals surface area contributed by atoms with E-state index in [0.29, 0.717) is 0 Å². The van der Waals surface area contributed by atoms with E-state index in [1.807, 2.05) is 7.05 Å². The summed E-state index contributed by atoms with van der Waals surface area (Å²) in [4.78, 5) is 2.17. The van der Waals surface area contributed by atoms with Crippen LogP contribution in [-0.2, 0) is 0 Å². The topological polar surface area (TPSA) is 27.0 Å². The number of rotatable bonds is 0. The van der Waals surface area contributed by atoms with Crippen molar-refractivity contribution in [1.82, 2.24) is 4.90 Å². The molecule has 10 heavy (non-hydrogen) atoms. The molecule has 2 nitrogen and oxygen atoms in total. The molecule has 0 aromatic heterocycles. The van der Waals surface area contributed by atoms with Crippen molar-refractivity contribution in [2.45, 2.75) is 6.42 Å². The summed E-state index contributed by atoms with van der Waals surface area (Å²) in [6, 6.07) is 2.24. The van der Waals surface area contributed by atoms with Crippen molar-refractivity contribution in [2.24, 2.45) is 5.92 Å². The molecule has 1 rings (SSSR count). The monoisotopic (exact) mass is 136 g/mol. The van der Waals surface area contributed by atoms with Crippen LogP contribution in [0.25, 0.3) is 0 Å². The van der Waals surface area contributed by atoms with Crippen molar-refractivity contribution in [1.29, 1.82) is 5.26 Å². The van der Waals surface area contributed by atoms with Crippen LogP contribution in [-0.4, -0.2) is 25.0 Å². The maximum absolute atomic E-state index is 8.64. The molecular weight excluding hydrogens is 124 g/mol. The Morgan fingerprint density at radius 1 is 1.80 bits per heavy atom. The van der Waals surface area contributed by atoms with Crippen molar-refractivity contribution in [2.75, 3.05) is 20.1 Å². The highest BCUT2D eigenvalue weighted by Crippen LogP contribution is 2.18. The van der Waals surface area contributed by atoms with E-state index in [2.05, 4.69) is 17.5 Å². The zero-order chi connectivity index (χ0) is 7.56. The van der Waals surface area contributed by atoms with E-state index in [9.17, 15) is 0 Å². The van der Waals surface area contributed by atoms with Gasteiger partial charge in [-0.05, 0) is 13.5 Å². The predicted molar refractivity (Wildman–Crippen MR) is 40.4 cm³/mol. The van der Waals surface area contributed by atoms with Crippen molar-refractivity contribution >= 4 is 0 Å². The van der Waals surface area contributed by atoms with Crippen LogP contribution in [0.3, 0.4) is 0 Å². The molecule has 1 saturated heterocycles. The largest absolute Gasteiger partial charge is 0.304 e. The van der Waals surface area contributed by atoms with Gasteiger partial charge in [-0.15, -0.1) is 0 Å². The van der Waals surface area contributed by atoms with E-state index in [1.54, 1.807) is 0 Å². The summed E-state index contributed by atoms with van der Waals surface area (Å²) in [5, 5.41) is 8.64. The van der Waals surface area contributed by atoms with E-state index in [1.165, 1.54) is 0 Å². The Labute approximate surface area is 61.8 Å². The molecule has 54 valence electrons. The zero-order valence-electron chi connectivity index (χ0n) is 6.30. The van der Waals surface area contributed by atoms with Crippen LogP contribution in [0.5, 0.6) is 0 Å². The van der Waals surface area contributed by atoms with E-state index < -0.39 is 0 Å². The highest BCUT2D eigenvalue weighted by atomic mass is 15.1. The van der Waals surface area contributed by atoms with Gasteiger partial charge in [0, 0.05) is 13.1 Å². The standard InChI is InChI=1S/C8H12N2/c1-7-3-4-10(2)6-8(7)5-9/h8H,1,3-4,6H2,2H3. The SMILES string of the molecule is C=C1CCN(C)CC1C#N. The molecule has 1 atom stereocenters. The second kappa shape index (κ2) is 2.85. The molecule has 1 aliphatic rings. The Bertz CT molecular complexity index is 178. The lowest BCUT2D eigenvalue weighted by Crippen LogP contribution is -2.32. The first-order chi connectivity index (χ1) is 4.74. The number of hydrogen-bond acceptors (Lipinski definition) is 2. The summed E-state index contributed by atoms with van der Waals surface area (Å²) in [7, 11) is 2.04. The maximum atomic E-state index is 8.64. The Morgan fingerprint density at radius 2 is 2.50 bits per heavy atom. The van der Waals surface area contributed by atoms with Crippen molar-refractivity contribution in [3.05, 3.63) is 12.2 Å². The van der Waals surface area contributed by atoms with Crippen LogP contribution in [0.2, 0.25) is 0 Å². The fourth-order valence-electron chi connectivity index (χ4n) is 1.17. The average Bonchev–Trinajstić information content (AvgIpc) is 1.94. The first kappa shape index (κ1) is 7.30. The van der Waals surface area contributed by atoms with Crippen LogP contribution < -0.4 is 0 Å². The van der Waals surface area contributed by atoms with Crippen molar-refractivity contribution < 1.29 is 0 Å². The first-order valence-electron chi connectivity index (χ1n) is 3.50. The molecule has 0 radical (unpaired) electrons. The van der Waals surface area contributed by atoms with Gasteiger partial charge in [0.15, 0.2) is 0 Å². The molecule has 1 fully saturated rings. The molecule has 0 bridgehead atoms. The molecular formula is C8H12N2. The molecule has 1 heterocycles. The number of nitrogens with zero attached hydrogens (tertiary/aromatic N) is 2. The van der Waals surface area contributed by atoms with Crippen LogP contribution in [0.1, 0.15) is 6.42 Å². The minimum absolute atomic E-state index is 0.0683. The summed E-state index contributed by atoms with van der Waals surface area (Å²) >= 11 is 0. The normalized spacial score (nSPS) is 28.0. The van der Waals surface area contributed by atoms with Gasteiger partial charge in [0.05, 0.1) is 12.0 Å². The maximum Gasteiger partial charge on any atom is 0.0797 e. The zero-order valence-corrected chi connectivity index (χ0v) is 6.30. The molecule has 1 unspecified atom stereocenters. The summed E-state index contributed by atoms with van der Waals surface area (Å²) < 4.78 is 0. The Balaban J connectivity index is 2.56. The third kappa shape index (κ3) is 1.37. The van der Waals surface area contributed by atoms with Crippen LogP contribution in [0, 0.1) is 17.2 Å². The molecule has 0 aromatic carbocycles. The molecule has 1 aliphatic heterocycles. The van der Waals surface area contributed by atoms with Crippen molar-refractivity contribution in [3.63, 3.8) is 0 Å². The van der Waals surface area contributed by atoms with Crippen LogP contribution in [0.15, 0.2) is 12.2 Å². The van der Waals surface area contributed by atoms with Gasteiger partial charge in [-0.3, -0.25) is 0 Å². The van der Waals surface area contributed by atoms with Gasteiger partial charge in [0.1, 0.15) is 0 Å². The van der Waals surface area contributed by atoms with Gasteiger partial charge in [-0.1, -0.05) is 12.2 Å². The Morgan fingerprint density at radius 3 is 3.00 bits per heavy atom. The van der Waals surface area contributed by atoms with Gasteiger partial charge in [-0.25, -0.2) is 0 Å². The summed E-state index contributed by atoms with van der Waals surface area (Å²) in [6.07, 6.45) is 0.981. The fourth-order valence-corrected chi connectivity index (χ4v) is 1.17. The minimum Gasteiger partial charge on any atom is -0.304 e. The van der Waals surface area contributed by atoms with Gasteiger partial charge < -0.3 is 4.90 Å². The van der Waals surface area contributed by atoms with Crippen molar-refractivity contribution in [3.8, 4) is 6.07 Å². The summed E-state index contributed by atoms with van der Waals surface area (Å²) in [6.45, 7) is 5.76. The average molecular weight is 136 g/mol. The van der Waals surface area contributed by atoms with E-state index in [-0.39, 0.29) is 5.92 Å².